The van der Waals surface area contributed by atoms with Crippen molar-refractivity contribution < 1.29 is 9.90 Å². The first-order chi connectivity index (χ1) is 7.57. The second-order valence-corrected chi connectivity index (χ2v) is 4.98. The number of likely N-dealkylation sites (N-methyl/N-ethyl adjacent to an activating group) is 1. The van der Waals surface area contributed by atoms with Crippen LogP contribution in [-0.4, -0.2) is 29.1 Å². The zero-order valence-corrected chi connectivity index (χ0v) is 10.8. The Morgan fingerprint density at radius 2 is 2.31 bits per heavy atom. The molecule has 0 aromatic carbocycles. The predicted octanol–water partition coefficient (Wildman–Crippen LogP) is 2.99. The van der Waals surface area contributed by atoms with Crippen LogP contribution in [0.4, 0.5) is 0 Å². The summed E-state index contributed by atoms with van der Waals surface area (Å²) in [5, 5.41) is 11.2. The van der Waals surface area contributed by atoms with Crippen molar-refractivity contribution >= 4 is 17.3 Å². The van der Waals surface area contributed by atoms with E-state index in [1.807, 2.05) is 30.3 Å². The number of hydrogen-bond acceptors (Lipinski definition) is 3. The van der Waals surface area contributed by atoms with Gasteiger partial charge in [0.2, 0.25) is 0 Å². The summed E-state index contributed by atoms with van der Waals surface area (Å²) in [7, 11) is 1.89. The lowest BCUT2D eigenvalue weighted by molar-refractivity contribution is -0.143. The van der Waals surface area contributed by atoms with E-state index in [0.29, 0.717) is 6.42 Å². The maximum atomic E-state index is 11.2. The quantitative estimate of drug-likeness (QED) is 0.832. The minimum absolute atomic E-state index is 0.160. The fourth-order valence-corrected chi connectivity index (χ4v) is 2.61. The first kappa shape index (κ1) is 13.2. The van der Waals surface area contributed by atoms with Crippen molar-refractivity contribution in [2.75, 3.05) is 7.05 Å². The van der Waals surface area contributed by atoms with E-state index in [1.54, 1.807) is 11.3 Å². The molecule has 0 bridgehead atoms. The van der Waals surface area contributed by atoms with Gasteiger partial charge in [0.05, 0.1) is 0 Å². The van der Waals surface area contributed by atoms with Crippen LogP contribution in [0.2, 0.25) is 0 Å². The Labute approximate surface area is 101 Å². The fraction of sp³-hybridized carbons (Fsp3) is 0.583. The van der Waals surface area contributed by atoms with E-state index in [4.69, 9.17) is 0 Å². The zero-order valence-electron chi connectivity index (χ0n) is 10.0. The topological polar surface area (TPSA) is 40.5 Å². The van der Waals surface area contributed by atoms with E-state index in [2.05, 4.69) is 13.0 Å². The van der Waals surface area contributed by atoms with Crippen molar-refractivity contribution in [2.45, 2.75) is 38.8 Å². The van der Waals surface area contributed by atoms with Gasteiger partial charge in [0, 0.05) is 10.9 Å². The van der Waals surface area contributed by atoms with E-state index < -0.39 is 5.97 Å². The SMILES string of the molecule is CCCC(C(=O)O)N(C)C(C)c1cccs1. The van der Waals surface area contributed by atoms with Crippen LogP contribution in [0.1, 0.15) is 37.6 Å². The van der Waals surface area contributed by atoms with Gasteiger partial charge in [-0.15, -0.1) is 11.3 Å². The molecule has 0 aliphatic heterocycles. The Morgan fingerprint density at radius 3 is 2.75 bits per heavy atom. The average Bonchev–Trinajstić information content (AvgIpc) is 2.76. The lowest BCUT2D eigenvalue weighted by atomic mass is 10.1. The Bertz CT molecular complexity index is 324. The van der Waals surface area contributed by atoms with Gasteiger partial charge < -0.3 is 5.11 Å². The Morgan fingerprint density at radius 1 is 1.62 bits per heavy atom. The van der Waals surface area contributed by atoms with E-state index in [0.717, 1.165) is 6.42 Å². The summed E-state index contributed by atoms with van der Waals surface area (Å²) in [6.45, 7) is 4.07. The van der Waals surface area contributed by atoms with Gasteiger partial charge in [-0.25, -0.2) is 0 Å². The Hall–Kier alpha value is -0.870. The lowest BCUT2D eigenvalue weighted by Crippen LogP contribution is -2.39. The second-order valence-electron chi connectivity index (χ2n) is 4.00. The molecule has 0 fully saturated rings. The first-order valence-corrected chi connectivity index (χ1v) is 6.44. The third-order valence-corrected chi connectivity index (χ3v) is 3.95. The molecule has 90 valence electrons. The highest BCUT2D eigenvalue weighted by molar-refractivity contribution is 7.10. The van der Waals surface area contributed by atoms with Crippen molar-refractivity contribution in [1.82, 2.24) is 4.90 Å². The molecule has 0 radical (unpaired) electrons. The number of thiophene rings is 1. The van der Waals surface area contributed by atoms with E-state index in [1.165, 1.54) is 4.88 Å². The summed E-state index contributed by atoms with van der Waals surface area (Å²) >= 11 is 1.67. The molecule has 1 N–H and O–H groups in total. The molecular formula is C12H19NO2S. The number of carboxylic acid groups (broad SMARTS) is 1. The number of carboxylic acids is 1. The number of nitrogens with zero attached hydrogens (tertiary/aromatic N) is 1. The normalized spacial score (nSPS) is 15.0. The Kier molecular flexibility index (Phi) is 4.96. The lowest BCUT2D eigenvalue weighted by Gasteiger charge is -2.29. The van der Waals surface area contributed by atoms with Crippen LogP contribution in [0.15, 0.2) is 17.5 Å². The van der Waals surface area contributed by atoms with Crippen molar-refractivity contribution in [1.29, 1.82) is 0 Å². The maximum Gasteiger partial charge on any atom is 0.320 e. The molecule has 0 saturated heterocycles. The summed E-state index contributed by atoms with van der Waals surface area (Å²) in [5.41, 5.74) is 0. The fourth-order valence-electron chi connectivity index (χ4n) is 1.77. The summed E-state index contributed by atoms with van der Waals surface area (Å²) in [6.07, 6.45) is 1.58. The molecule has 0 aliphatic rings. The van der Waals surface area contributed by atoms with Crippen LogP contribution in [-0.2, 0) is 4.79 Å². The summed E-state index contributed by atoms with van der Waals surface area (Å²) in [5.74, 6) is -0.729. The number of carbonyl (C=O) groups is 1. The first-order valence-electron chi connectivity index (χ1n) is 5.56. The molecule has 1 aromatic rings. The molecule has 0 spiro atoms. The van der Waals surface area contributed by atoms with Crippen LogP contribution < -0.4 is 0 Å². The van der Waals surface area contributed by atoms with E-state index in [9.17, 15) is 9.90 Å². The monoisotopic (exact) mass is 241 g/mol. The third kappa shape index (κ3) is 3.06. The van der Waals surface area contributed by atoms with E-state index >= 15 is 0 Å². The molecule has 2 atom stereocenters. The van der Waals surface area contributed by atoms with Crippen LogP contribution in [0, 0.1) is 0 Å². The van der Waals surface area contributed by atoms with Crippen molar-refractivity contribution in [3.05, 3.63) is 22.4 Å². The van der Waals surface area contributed by atoms with Crippen LogP contribution in [0.3, 0.4) is 0 Å². The van der Waals surface area contributed by atoms with Crippen LogP contribution >= 0.6 is 11.3 Å². The molecule has 1 aromatic heterocycles. The standard InChI is InChI=1S/C12H19NO2S/c1-4-6-10(12(14)15)13(3)9(2)11-7-5-8-16-11/h5,7-10H,4,6H2,1-3H3,(H,14,15). The molecule has 0 amide bonds. The molecule has 1 heterocycles. The maximum absolute atomic E-state index is 11.2. The number of hydrogen-bond donors (Lipinski definition) is 1. The van der Waals surface area contributed by atoms with Crippen LogP contribution in [0.25, 0.3) is 0 Å². The molecule has 0 saturated carbocycles. The molecule has 4 heteroatoms. The molecule has 3 nitrogen and oxygen atoms in total. The van der Waals surface area contributed by atoms with Gasteiger partial charge in [0.25, 0.3) is 0 Å². The van der Waals surface area contributed by atoms with Gasteiger partial charge in [-0.2, -0.15) is 0 Å². The minimum atomic E-state index is -0.729. The Balaban J connectivity index is 2.74. The van der Waals surface area contributed by atoms with Gasteiger partial charge in [-0.3, -0.25) is 9.69 Å². The summed E-state index contributed by atoms with van der Waals surface area (Å²) in [4.78, 5) is 14.3. The van der Waals surface area contributed by atoms with Crippen LogP contribution in [0.5, 0.6) is 0 Å². The highest BCUT2D eigenvalue weighted by atomic mass is 32.1. The molecule has 16 heavy (non-hydrogen) atoms. The summed E-state index contributed by atoms with van der Waals surface area (Å²) in [6, 6.07) is 3.83. The smallest absolute Gasteiger partial charge is 0.320 e. The van der Waals surface area contributed by atoms with E-state index in [-0.39, 0.29) is 12.1 Å². The third-order valence-electron chi connectivity index (χ3n) is 2.90. The molecular weight excluding hydrogens is 222 g/mol. The van der Waals surface area contributed by atoms with Crippen molar-refractivity contribution in [2.24, 2.45) is 0 Å². The molecule has 2 unspecified atom stereocenters. The largest absolute Gasteiger partial charge is 0.480 e. The van der Waals surface area contributed by atoms with Gasteiger partial charge in [-0.1, -0.05) is 19.4 Å². The second kappa shape index (κ2) is 6.01. The van der Waals surface area contributed by atoms with Gasteiger partial charge in [0.1, 0.15) is 6.04 Å². The van der Waals surface area contributed by atoms with Gasteiger partial charge in [-0.05, 0) is 31.8 Å². The summed E-state index contributed by atoms with van der Waals surface area (Å²) < 4.78 is 0. The average molecular weight is 241 g/mol. The van der Waals surface area contributed by atoms with Crippen molar-refractivity contribution in [3.8, 4) is 0 Å². The highest BCUT2D eigenvalue weighted by Crippen LogP contribution is 2.26. The molecule has 1 rings (SSSR count). The van der Waals surface area contributed by atoms with Gasteiger partial charge in [0.15, 0.2) is 0 Å². The number of rotatable bonds is 6. The zero-order chi connectivity index (χ0) is 12.1. The minimum Gasteiger partial charge on any atom is -0.480 e. The van der Waals surface area contributed by atoms with Gasteiger partial charge >= 0.3 is 5.97 Å². The molecule has 0 aliphatic carbocycles. The number of aliphatic carboxylic acids is 1. The predicted molar refractivity (Wildman–Crippen MR) is 66.8 cm³/mol. The highest BCUT2D eigenvalue weighted by Gasteiger charge is 2.26. The van der Waals surface area contributed by atoms with Crippen molar-refractivity contribution in [3.63, 3.8) is 0 Å².